The van der Waals surface area contributed by atoms with E-state index in [1.807, 2.05) is 18.4 Å². The first-order valence-electron chi connectivity index (χ1n) is 7.34. The van der Waals surface area contributed by atoms with E-state index in [4.69, 9.17) is 9.15 Å². The van der Waals surface area contributed by atoms with Gasteiger partial charge in [0, 0.05) is 11.9 Å². The van der Waals surface area contributed by atoms with Crippen molar-refractivity contribution in [1.82, 2.24) is 9.55 Å². The summed E-state index contributed by atoms with van der Waals surface area (Å²) in [6.07, 6.45) is 0.975. The van der Waals surface area contributed by atoms with Crippen molar-refractivity contribution in [2.45, 2.75) is 32.9 Å². The van der Waals surface area contributed by atoms with Crippen LogP contribution in [0.2, 0.25) is 0 Å². The second-order valence-corrected chi connectivity index (χ2v) is 5.93. The summed E-state index contributed by atoms with van der Waals surface area (Å²) in [7, 11) is 0. The summed E-state index contributed by atoms with van der Waals surface area (Å²) in [4.78, 5) is 28.0. The van der Waals surface area contributed by atoms with Gasteiger partial charge in [-0.2, -0.15) is 0 Å². The molecule has 0 aliphatic heterocycles. The number of para-hydroxylation sites is 2. The van der Waals surface area contributed by atoms with Crippen LogP contribution in [0.3, 0.4) is 0 Å². The van der Waals surface area contributed by atoms with Gasteiger partial charge in [0.25, 0.3) is 0 Å². The van der Waals surface area contributed by atoms with E-state index in [9.17, 15) is 9.59 Å². The molecular formula is C16H16N2O4S. The lowest BCUT2D eigenvalue weighted by atomic mass is 10.3. The Balaban J connectivity index is 1.58. The number of fused-ring (bicyclic) bond motifs is 1. The van der Waals surface area contributed by atoms with Gasteiger partial charge < -0.3 is 9.15 Å². The molecule has 7 heteroatoms. The number of ether oxygens (including phenoxy) is 1. The third-order valence-corrected chi connectivity index (χ3v) is 4.44. The van der Waals surface area contributed by atoms with E-state index in [2.05, 4.69) is 4.98 Å². The summed E-state index contributed by atoms with van der Waals surface area (Å²) in [5.74, 6) is -0.834. The van der Waals surface area contributed by atoms with Gasteiger partial charge in [-0.3, -0.25) is 9.36 Å². The molecule has 0 spiro atoms. The zero-order chi connectivity index (χ0) is 16.2. The molecule has 23 heavy (non-hydrogen) atoms. The summed E-state index contributed by atoms with van der Waals surface area (Å²) < 4.78 is 11.8. The maximum Gasteiger partial charge on any atom is 0.419 e. The molecule has 2 aromatic heterocycles. The Hall–Kier alpha value is -2.41. The standard InChI is InChI=1S/C16H16N2O4S/c1-2-14-17-11(10-23-14)9-21-15(19)7-8-18-12-5-3-4-6-13(12)22-16(18)20/h3-6,10H,2,7-9H2,1H3. The van der Waals surface area contributed by atoms with Crippen molar-refractivity contribution in [1.29, 1.82) is 0 Å². The highest BCUT2D eigenvalue weighted by molar-refractivity contribution is 7.09. The SMILES string of the molecule is CCc1nc(COC(=O)CCn2c(=O)oc3ccccc32)cs1. The van der Waals surface area contributed by atoms with Crippen molar-refractivity contribution < 1.29 is 13.9 Å². The van der Waals surface area contributed by atoms with Crippen LogP contribution >= 0.6 is 11.3 Å². The third-order valence-electron chi connectivity index (χ3n) is 3.40. The average Bonchev–Trinajstić information content (AvgIpc) is 3.14. The summed E-state index contributed by atoms with van der Waals surface area (Å²) in [6, 6.07) is 7.12. The molecule has 0 saturated heterocycles. The lowest BCUT2D eigenvalue weighted by molar-refractivity contribution is -0.145. The molecule has 6 nitrogen and oxygen atoms in total. The normalized spacial score (nSPS) is 11.0. The van der Waals surface area contributed by atoms with Crippen molar-refractivity contribution >= 4 is 28.4 Å². The quantitative estimate of drug-likeness (QED) is 0.649. The Kier molecular flexibility index (Phi) is 4.57. The molecule has 3 aromatic rings. The first-order valence-corrected chi connectivity index (χ1v) is 8.22. The zero-order valence-corrected chi connectivity index (χ0v) is 13.5. The maximum atomic E-state index is 11.8. The number of aromatic nitrogens is 2. The van der Waals surface area contributed by atoms with Crippen LogP contribution in [0, 0.1) is 0 Å². The highest BCUT2D eigenvalue weighted by Gasteiger charge is 2.11. The second kappa shape index (κ2) is 6.78. The fourth-order valence-corrected chi connectivity index (χ4v) is 2.96. The Morgan fingerprint density at radius 2 is 2.22 bits per heavy atom. The fraction of sp³-hybridized carbons (Fsp3) is 0.312. The Labute approximate surface area is 136 Å². The van der Waals surface area contributed by atoms with E-state index in [0.717, 1.165) is 17.1 Å². The number of hydrogen-bond donors (Lipinski definition) is 0. The lowest BCUT2D eigenvalue weighted by Crippen LogP contribution is -2.17. The predicted octanol–water partition coefficient (Wildman–Crippen LogP) is 2.75. The molecule has 0 aliphatic carbocycles. The summed E-state index contributed by atoms with van der Waals surface area (Å²) in [5, 5.41) is 2.91. The van der Waals surface area contributed by atoms with E-state index >= 15 is 0 Å². The van der Waals surface area contributed by atoms with Crippen LogP contribution in [0.4, 0.5) is 0 Å². The zero-order valence-electron chi connectivity index (χ0n) is 12.7. The minimum atomic E-state index is -0.467. The van der Waals surface area contributed by atoms with Crippen LogP contribution in [0.5, 0.6) is 0 Å². The van der Waals surface area contributed by atoms with Gasteiger partial charge in [0.2, 0.25) is 0 Å². The molecule has 2 heterocycles. The van der Waals surface area contributed by atoms with Crippen LogP contribution in [-0.4, -0.2) is 15.5 Å². The molecule has 0 unspecified atom stereocenters. The molecule has 0 saturated carbocycles. The van der Waals surface area contributed by atoms with Gasteiger partial charge >= 0.3 is 11.7 Å². The van der Waals surface area contributed by atoms with Crippen LogP contribution in [0.15, 0.2) is 38.9 Å². The van der Waals surface area contributed by atoms with E-state index in [0.29, 0.717) is 11.1 Å². The van der Waals surface area contributed by atoms with E-state index < -0.39 is 5.76 Å². The number of nitrogens with zero attached hydrogens (tertiary/aromatic N) is 2. The molecule has 1 aromatic carbocycles. The topological polar surface area (TPSA) is 74.3 Å². The highest BCUT2D eigenvalue weighted by atomic mass is 32.1. The van der Waals surface area contributed by atoms with Crippen LogP contribution in [0.25, 0.3) is 11.1 Å². The van der Waals surface area contributed by atoms with Gasteiger partial charge in [-0.1, -0.05) is 19.1 Å². The van der Waals surface area contributed by atoms with Crippen molar-refractivity contribution in [3.05, 3.63) is 50.9 Å². The van der Waals surface area contributed by atoms with E-state index in [1.54, 1.807) is 29.5 Å². The summed E-state index contributed by atoms with van der Waals surface area (Å²) in [5.41, 5.74) is 1.95. The minimum Gasteiger partial charge on any atom is -0.459 e. The average molecular weight is 332 g/mol. The van der Waals surface area contributed by atoms with Crippen molar-refractivity contribution in [3.63, 3.8) is 0 Å². The summed E-state index contributed by atoms with van der Waals surface area (Å²) in [6.45, 7) is 2.42. The van der Waals surface area contributed by atoms with Gasteiger partial charge in [-0.25, -0.2) is 9.78 Å². The van der Waals surface area contributed by atoms with Crippen molar-refractivity contribution in [2.24, 2.45) is 0 Å². The van der Waals surface area contributed by atoms with Gasteiger partial charge in [0.05, 0.1) is 22.6 Å². The number of rotatable bonds is 6. The van der Waals surface area contributed by atoms with E-state index in [-0.39, 0.29) is 25.5 Å². The number of carbonyl (C=O) groups is 1. The van der Waals surface area contributed by atoms with Gasteiger partial charge in [-0.05, 0) is 18.6 Å². The molecule has 0 amide bonds. The Morgan fingerprint density at radius 3 is 3.00 bits per heavy atom. The van der Waals surface area contributed by atoms with Gasteiger partial charge in [0.1, 0.15) is 6.61 Å². The largest absolute Gasteiger partial charge is 0.459 e. The number of thiazole rings is 1. The minimum absolute atomic E-state index is 0.105. The predicted molar refractivity (Wildman–Crippen MR) is 86.4 cm³/mol. The Morgan fingerprint density at radius 1 is 1.39 bits per heavy atom. The number of oxazole rings is 1. The number of hydrogen-bond acceptors (Lipinski definition) is 6. The number of benzene rings is 1. The molecule has 120 valence electrons. The molecule has 3 rings (SSSR count). The first kappa shape index (κ1) is 15.5. The van der Waals surface area contributed by atoms with Crippen molar-refractivity contribution in [3.8, 4) is 0 Å². The molecule has 0 aliphatic rings. The molecule has 0 bridgehead atoms. The number of aryl methyl sites for hydroxylation is 2. The van der Waals surface area contributed by atoms with Crippen LogP contribution < -0.4 is 5.76 Å². The van der Waals surface area contributed by atoms with Crippen molar-refractivity contribution in [2.75, 3.05) is 0 Å². The first-order chi connectivity index (χ1) is 11.2. The Bertz CT molecular complexity index is 877. The monoisotopic (exact) mass is 332 g/mol. The van der Waals surface area contributed by atoms with Crippen LogP contribution in [-0.2, 0) is 29.1 Å². The maximum absolute atomic E-state index is 11.8. The fourth-order valence-electron chi connectivity index (χ4n) is 2.23. The van der Waals surface area contributed by atoms with Crippen LogP contribution in [0.1, 0.15) is 24.0 Å². The molecule has 0 radical (unpaired) electrons. The lowest BCUT2D eigenvalue weighted by Gasteiger charge is -2.03. The molecule has 0 atom stereocenters. The number of esters is 1. The van der Waals surface area contributed by atoms with Gasteiger partial charge in [-0.15, -0.1) is 11.3 Å². The smallest absolute Gasteiger partial charge is 0.419 e. The second-order valence-electron chi connectivity index (χ2n) is 4.98. The summed E-state index contributed by atoms with van der Waals surface area (Å²) >= 11 is 1.56. The third kappa shape index (κ3) is 3.50. The molecular weight excluding hydrogens is 316 g/mol. The molecule has 0 fully saturated rings. The van der Waals surface area contributed by atoms with E-state index in [1.165, 1.54) is 4.57 Å². The molecule has 0 N–H and O–H groups in total. The number of carbonyl (C=O) groups excluding carboxylic acids is 1. The van der Waals surface area contributed by atoms with Gasteiger partial charge in [0.15, 0.2) is 5.58 Å². The highest BCUT2D eigenvalue weighted by Crippen LogP contribution is 2.13.